The van der Waals surface area contributed by atoms with Crippen LogP contribution in [0.3, 0.4) is 0 Å². The molecule has 2 aromatic carbocycles. The Bertz CT molecular complexity index is 1200. The first-order valence-electron chi connectivity index (χ1n) is 9.38. The average molecular weight is 452 g/mol. The molecule has 1 amide bonds. The molecule has 0 saturated heterocycles. The van der Waals surface area contributed by atoms with Crippen LogP contribution in [0.2, 0.25) is 5.02 Å². The number of hydrogen-bond donors (Lipinski definition) is 1. The third kappa shape index (κ3) is 5.22. The molecule has 2 aromatic heterocycles. The summed E-state index contributed by atoms with van der Waals surface area (Å²) in [5.41, 5.74) is 4.26. The molecule has 0 fully saturated rings. The molecule has 7 nitrogen and oxygen atoms in total. The molecular weight excluding hydrogens is 434 g/mol. The van der Waals surface area contributed by atoms with Crippen LogP contribution in [-0.2, 0) is 4.79 Å². The predicted molar refractivity (Wildman–Crippen MR) is 122 cm³/mol. The SMILES string of the molecule is Cc1ccc(C=NNC(=O)CSc2nnc(-c3ccc(Cl)cc3)n2-c2ccccc2)o1. The summed E-state index contributed by atoms with van der Waals surface area (Å²) in [6.07, 6.45) is 1.46. The highest BCUT2D eigenvalue weighted by Crippen LogP contribution is 2.28. The van der Waals surface area contributed by atoms with E-state index in [0.29, 0.717) is 21.8 Å². The topological polar surface area (TPSA) is 85.3 Å². The summed E-state index contributed by atoms with van der Waals surface area (Å²) in [6, 6.07) is 20.7. The third-order valence-corrected chi connectivity index (χ3v) is 5.41. The quantitative estimate of drug-likeness (QED) is 0.249. The van der Waals surface area contributed by atoms with E-state index in [1.165, 1.54) is 18.0 Å². The van der Waals surface area contributed by atoms with Gasteiger partial charge in [0.05, 0.1) is 12.0 Å². The summed E-state index contributed by atoms with van der Waals surface area (Å²) in [4.78, 5) is 12.2. The van der Waals surface area contributed by atoms with E-state index < -0.39 is 0 Å². The van der Waals surface area contributed by atoms with Crippen LogP contribution in [0.1, 0.15) is 11.5 Å². The number of benzene rings is 2. The van der Waals surface area contributed by atoms with Gasteiger partial charge in [0.2, 0.25) is 0 Å². The fourth-order valence-electron chi connectivity index (χ4n) is 2.81. The highest BCUT2D eigenvalue weighted by molar-refractivity contribution is 7.99. The largest absolute Gasteiger partial charge is 0.460 e. The van der Waals surface area contributed by atoms with Crippen molar-refractivity contribution in [2.75, 3.05) is 5.75 Å². The van der Waals surface area contributed by atoms with Crippen LogP contribution in [0.25, 0.3) is 17.1 Å². The minimum atomic E-state index is -0.264. The second kappa shape index (κ2) is 9.63. The molecule has 4 rings (SSSR count). The molecule has 0 unspecified atom stereocenters. The zero-order valence-electron chi connectivity index (χ0n) is 16.5. The molecule has 0 aliphatic carbocycles. The van der Waals surface area contributed by atoms with Crippen molar-refractivity contribution in [3.05, 3.63) is 83.3 Å². The Morgan fingerprint density at radius 2 is 1.90 bits per heavy atom. The van der Waals surface area contributed by atoms with E-state index >= 15 is 0 Å². The molecule has 4 aromatic rings. The van der Waals surface area contributed by atoms with Gasteiger partial charge in [-0.25, -0.2) is 5.43 Å². The molecule has 0 aliphatic heterocycles. The maximum absolute atomic E-state index is 12.2. The minimum Gasteiger partial charge on any atom is -0.460 e. The van der Waals surface area contributed by atoms with Crippen LogP contribution in [0, 0.1) is 6.92 Å². The average Bonchev–Trinajstić information content (AvgIpc) is 3.39. The van der Waals surface area contributed by atoms with Gasteiger partial charge in [-0.3, -0.25) is 9.36 Å². The Morgan fingerprint density at radius 3 is 2.61 bits per heavy atom. The number of rotatable bonds is 7. The van der Waals surface area contributed by atoms with Gasteiger partial charge in [-0.15, -0.1) is 10.2 Å². The number of thioether (sulfide) groups is 1. The lowest BCUT2D eigenvalue weighted by Crippen LogP contribution is -2.19. The van der Waals surface area contributed by atoms with Crippen molar-refractivity contribution in [2.24, 2.45) is 5.10 Å². The summed E-state index contributed by atoms with van der Waals surface area (Å²) >= 11 is 7.29. The van der Waals surface area contributed by atoms with Gasteiger partial charge in [0.15, 0.2) is 11.0 Å². The number of nitrogens with zero attached hydrogens (tertiary/aromatic N) is 4. The molecule has 0 bridgehead atoms. The Kier molecular flexibility index (Phi) is 6.49. The Balaban J connectivity index is 1.50. The van der Waals surface area contributed by atoms with E-state index in [-0.39, 0.29) is 11.7 Å². The first-order valence-corrected chi connectivity index (χ1v) is 10.7. The molecule has 2 heterocycles. The smallest absolute Gasteiger partial charge is 0.250 e. The first-order chi connectivity index (χ1) is 15.1. The van der Waals surface area contributed by atoms with Crippen molar-refractivity contribution in [3.63, 3.8) is 0 Å². The number of aryl methyl sites for hydroxylation is 1. The molecule has 0 radical (unpaired) electrons. The van der Waals surface area contributed by atoms with E-state index in [2.05, 4.69) is 20.7 Å². The van der Waals surface area contributed by atoms with Crippen LogP contribution in [-0.4, -0.2) is 32.6 Å². The molecule has 0 aliphatic rings. The summed E-state index contributed by atoms with van der Waals surface area (Å²) in [5.74, 6) is 1.87. The zero-order chi connectivity index (χ0) is 21.6. The Morgan fingerprint density at radius 1 is 1.13 bits per heavy atom. The fourth-order valence-corrected chi connectivity index (χ4v) is 3.68. The molecular formula is C22H18ClN5O2S. The van der Waals surface area contributed by atoms with Gasteiger partial charge in [0, 0.05) is 16.3 Å². The van der Waals surface area contributed by atoms with Crippen molar-refractivity contribution in [3.8, 4) is 17.1 Å². The monoisotopic (exact) mass is 451 g/mol. The zero-order valence-corrected chi connectivity index (χ0v) is 18.1. The van der Waals surface area contributed by atoms with Gasteiger partial charge in [0.25, 0.3) is 5.91 Å². The van der Waals surface area contributed by atoms with Crippen molar-refractivity contribution in [1.82, 2.24) is 20.2 Å². The van der Waals surface area contributed by atoms with Crippen LogP contribution < -0.4 is 5.43 Å². The highest BCUT2D eigenvalue weighted by atomic mass is 35.5. The van der Waals surface area contributed by atoms with E-state index in [0.717, 1.165) is 17.0 Å². The number of hydrogen-bond acceptors (Lipinski definition) is 6. The van der Waals surface area contributed by atoms with E-state index in [1.54, 1.807) is 18.2 Å². The van der Waals surface area contributed by atoms with Gasteiger partial charge < -0.3 is 4.42 Å². The number of carbonyl (C=O) groups excluding carboxylic acids is 1. The summed E-state index contributed by atoms with van der Waals surface area (Å²) in [5, 5.41) is 13.8. The molecule has 9 heteroatoms. The van der Waals surface area contributed by atoms with Gasteiger partial charge in [0.1, 0.15) is 11.5 Å². The normalized spacial score (nSPS) is 11.2. The Labute approximate surface area is 188 Å². The third-order valence-electron chi connectivity index (χ3n) is 4.22. The predicted octanol–water partition coefficient (Wildman–Crippen LogP) is 4.73. The van der Waals surface area contributed by atoms with Crippen molar-refractivity contribution in [1.29, 1.82) is 0 Å². The molecule has 1 N–H and O–H groups in total. The number of nitrogens with one attached hydrogen (secondary N) is 1. The van der Waals surface area contributed by atoms with Crippen molar-refractivity contribution >= 4 is 35.5 Å². The maximum atomic E-state index is 12.2. The highest BCUT2D eigenvalue weighted by Gasteiger charge is 2.17. The lowest BCUT2D eigenvalue weighted by molar-refractivity contribution is -0.118. The Hall–Kier alpha value is -3.36. The van der Waals surface area contributed by atoms with Crippen LogP contribution in [0.15, 0.2) is 81.4 Å². The van der Waals surface area contributed by atoms with Crippen molar-refractivity contribution in [2.45, 2.75) is 12.1 Å². The molecule has 0 spiro atoms. The second-order valence-corrected chi connectivity index (χ2v) is 7.89. The number of aromatic nitrogens is 3. The lowest BCUT2D eigenvalue weighted by Gasteiger charge is -2.10. The maximum Gasteiger partial charge on any atom is 0.250 e. The first kappa shape index (κ1) is 20.9. The summed E-state index contributed by atoms with van der Waals surface area (Å²) < 4.78 is 7.29. The standard InChI is InChI=1S/C22H18ClN5O2S/c1-15-7-12-19(30-15)13-24-25-20(29)14-31-22-27-26-21(16-8-10-17(23)11-9-16)28(22)18-5-3-2-4-6-18/h2-13H,14H2,1H3,(H,25,29). The number of carbonyl (C=O) groups is 1. The van der Waals surface area contributed by atoms with Crippen molar-refractivity contribution < 1.29 is 9.21 Å². The van der Waals surface area contributed by atoms with Gasteiger partial charge in [-0.05, 0) is 55.5 Å². The summed E-state index contributed by atoms with van der Waals surface area (Å²) in [7, 11) is 0. The second-order valence-electron chi connectivity index (χ2n) is 6.51. The number of para-hydroxylation sites is 1. The number of halogens is 1. The van der Waals surface area contributed by atoms with E-state index in [1.807, 2.05) is 60.0 Å². The van der Waals surface area contributed by atoms with Crippen LogP contribution >= 0.6 is 23.4 Å². The lowest BCUT2D eigenvalue weighted by atomic mass is 10.2. The van der Waals surface area contributed by atoms with Gasteiger partial charge in [-0.2, -0.15) is 5.10 Å². The number of hydrazone groups is 1. The van der Waals surface area contributed by atoms with Gasteiger partial charge in [-0.1, -0.05) is 41.6 Å². The number of amides is 1. The van der Waals surface area contributed by atoms with Crippen LogP contribution in [0.5, 0.6) is 0 Å². The fraction of sp³-hybridized carbons (Fsp3) is 0.0909. The minimum absolute atomic E-state index is 0.125. The number of furan rings is 1. The molecule has 0 atom stereocenters. The molecule has 156 valence electrons. The van der Waals surface area contributed by atoms with E-state index in [9.17, 15) is 4.79 Å². The van der Waals surface area contributed by atoms with E-state index in [4.69, 9.17) is 16.0 Å². The van der Waals surface area contributed by atoms with Crippen LogP contribution in [0.4, 0.5) is 0 Å². The molecule has 0 saturated carbocycles. The summed E-state index contributed by atoms with van der Waals surface area (Å²) in [6.45, 7) is 1.84. The molecule has 31 heavy (non-hydrogen) atoms. The van der Waals surface area contributed by atoms with Gasteiger partial charge >= 0.3 is 0 Å².